The van der Waals surface area contributed by atoms with Crippen molar-refractivity contribution >= 4 is 29.2 Å². The van der Waals surface area contributed by atoms with Gasteiger partial charge in [-0.15, -0.1) is 0 Å². The fourth-order valence-electron chi connectivity index (χ4n) is 2.61. The molecule has 2 heterocycles. The SMILES string of the molecule is C[C@]1(c2cc(NC(=O)c3ncccc3Cl)ccc2F)N=C(N)OC[C@@H]1F. The van der Waals surface area contributed by atoms with Gasteiger partial charge in [0, 0.05) is 17.4 Å². The van der Waals surface area contributed by atoms with Crippen LogP contribution in [0.2, 0.25) is 5.02 Å². The second-order valence-electron chi connectivity index (χ2n) is 5.86. The molecule has 2 atom stereocenters. The van der Waals surface area contributed by atoms with E-state index in [4.69, 9.17) is 22.1 Å². The highest BCUT2D eigenvalue weighted by molar-refractivity contribution is 6.34. The van der Waals surface area contributed by atoms with E-state index in [9.17, 15) is 13.6 Å². The summed E-state index contributed by atoms with van der Waals surface area (Å²) in [7, 11) is 0. The number of hydrogen-bond donors (Lipinski definition) is 2. The van der Waals surface area contributed by atoms with E-state index in [0.29, 0.717) is 0 Å². The molecule has 9 heteroatoms. The number of alkyl halides is 1. The lowest BCUT2D eigenvalue weighted by molar-refractivity contribution is 0.0923. The molecule has 0 saturated carbocycles. The fourth-order valence-corrected chi connectivity index (χ4v) is 2.82. The summed E-state index contributed by atoms with van der Waals surface area (Å²) in [5.41, 5.74) is 4.14. The van der Waals surface area contributed by atoms with Crippen molar-refractivity contribution in [2.24, 2.45) is 10.7 Å². The van der Waals surface area contributed by atoms with Crippen LogP contribution in [0.3, 0.4) is 0 Å². The van der Waals surface area contributed by atoms with Gasteiger partial charge in [0.1, 0.15) is 23.7 Å². The van der Waals surface area contributed by atoms with Crippen molar-refractivity contribution in [1.29, 1.82) is 0 Å². The van der Waals surface area contributed by atoms with E-state index >= 15 is 0 Å². The van der Waals surface area contributed by atoms with Crippen LogP contribution >= 0.6 is 11.6 Å². The van der Waals surface area contributed by atoms with Crippen LogP contribution in [0.1, 0.15) is 23.0 Å². The molecule has 0 saturated heterocycles. The summed E-state index contributed by atoms with van der Waals surface area (Å²) in [5.74, 6) is -1.26. The van der Waals surface area contributed by atoms with Crippen LogP contribution in [0.15, 0.2) is 41.5 Å². The van der Waals surface area contributed by atoms with Crippen LogP contribution < -0.4 is 11.1 Å². The monoisotopic (exact) mass is 380 g/mol. The number of hydrogen-bond acceptors (Lipinski definition) is 5. The van der Waals surface area contributed by atoms with E-state index < -0.39 is 23.4 Å². The average molecular weight is 381 g/mol. The Balaban J connectivity index is 1.95. The van der Waals surface area contributed by atoms with Crippen LogP contribution in [-0.2, 0) is 10.3 Å². The fraction of sp³-hybridized carbons (Fsp3) is 0.235. The van der Waals surface area contributed by atoms with Crippen molar-refractivity contribution in [3.8, 4) is 0 Å². The van der Waals surface area contributed by atoms with Crippen LogP contribution in [-0.4, -0.2) is 29.7 Å². The number of anilines is 1. The van der Waals surface area contributed by atoms with Gasteiger partial charge in [-0.3, -0.25) is 4.79 Å². The van der Waals surface area contributed by atoms with Gasteiger partial charge in [0.25, 0.3) is 11.9 Å². The van der Waals surface area contributed by atoms with E-state index in [1.54, 1.807) is 6.07 Å². The van der Waals surface area contributed by atoms with Gasteiger partial charge in [-0.1, -0.05) is 11.6 Å². The maximum absolute atomic E-state index is 14.4. The lowest BCUT2D eigenvalue weighted by Gasteiger charge is -2.33. The van der Waals surface area contributed by atoms with Gasteiger partial charge in [-0.25, -0.2) is 18.8 Å². The molecule has 1 aliphatic rings. The number of carbonyl (C=O) groups excluding carboxylic acids is 1. The normalized spacial score (nSPS) is 22.3. The standard InChI is InChI=1S/C17H15ClF2N4O2/c1-17(13(20)8-26-16(21)24-17)10-7-9(4-5-12(10)19)23-15(25)14-11(18)3-2-6-22-14/h2-7,13H,8H2,1H3,(H2,21,24)(H,23,25)/t13-,17+/m0/s1. The molecule has 26 heavy (non-hydrogen) atoms. The third-order valence-electron chi connectivity index (χ3n) is 4.07. The molecule has 0 unspecified atom stereocenters. The van der Waals surface area contributed by atoms with Gasteiger partial charge in [0.05, 0.1) is 5.02 Å². The average Bonchev–Trinajstić information content (AvgIpc) is 2.60. The number of nitrogens with two attached hydrogens (primary N) is 1. The van der Waals surface area contributed by atoms with Crippen molar-refractivity contribution < 1.29 is 18.3 Å². The number of pyridine rings is 1. The van der Waals surface area contributed by atoms with Crippen LogP contribution in [0.4, 0.5) is 14.5 Å². The number of aromatic nitrogens is 1. The Hall–Kier alpha value is -2.74. The molecule has 6 nitrogen and oxygen atoms in total. The summed E-state index contributed by atoms with van der Waals surface area (Å²) >= 11 is 5.94. The number of rotatable bonds is 3. The number of amidine groups is 1. The van der Waals surface area contributed by atoms with Crippen LogP contribution in [0.25, 0.3) is 0 Å². The molecule has 3 rings (SSSR count). The Bertz CT molecular complexity index is 893. The number of aliphatic imine (C=N–C) groups is 1. The molecule has 1 amide bonds. The Kier molecular flexibility index (Phi) is 4.78. The van der Waals surface area contributed by atoms with Gasteiger partial charge >= 0.3 is 0 Å². The highest BCUT2D eigenvalue weighted by atomic mass is 35.5. The summed E-state index contributed by atoms with van der Waals surface area (Å²) in [6.07, 6.45) is -0.189. The zero-order chi connectivity index (χ0) is 18.9. The molecule has 0 radical (unpaired) electrons. The predicted molar refractivity (Wildman–Crippen MR) is 93.4 cm³/mol. The Morgan fingerprint density at radius 1 is 1.46 bits per heavy atom. The zero-order valence-electron chi connectivity index (χ0n) is 13.7. The summed E-state index contributed by atoms with van der Waals surface area (Å²) in [6, 6.07) is 6.65. The number of halogens is 3. The maximum atomic E-state index is 14.4. The Labute approximate surface area is 153 Å². The number of nitrogens with zero attached hydrogens (tertiary/aromatic N) is 2. The minimum atomic E-state index is -1.61. The minimum Gasteiger partial charge on any atom is -0.462 e. The van der Waals surface area contributed by atoms with Crippen molar-refractivity contribution in [3.63, 3.8) is 0 Å². The highest BCUT2D eigenvalue weighted by Gasteiger charge is 2.42. The highest BCUT2D eigenvalue weighted by Crippen LogP contribution is 2.37. The number of amides is 1. The summed E-state index contributed by atoms with van der Waals surface area (Å²) in [4.78, 5) is 20.1. The number of benzene rings is 1. The van der Waals surface area contributed by atoms with Gasteiger partial charge in [0.2, 0.25) is 0 Å². The molecule has 0 spiro atoms. The molecule has 3 N–H and O–H groups in total. The van der Waals surface area contributed by atoms with Crippen molar-refractivity contribution in [2.45, 2.75) is 18.6 Å². The molecular weight excluding hydrogens is 366 g/mol. The van der Waals surface area contributed by atoms with E-state index in [2.05, 4.69) is 15.3 Å². The molecule has 0 bridgehead atoms. The molecule has 136 valence electrons. The van der Waals surface area contributed by atoms with Gasteiger partial charge in [0.15, 0.2) is 6.17 Å². The van der Waals surface area contributed by atoms with Gasteiger partial charge in [-0.05, 0) is 37.3 Å². The summed E-state index contributed by atoms with van der Waals surface area (Å²) in [5, 5.41) is 2.73. The first kappa shape index (κ1) is 18.1. The molecular formula is C17H15ClF2N4O2. The van der Waals surface area contributed by atoms with Crippen molar-refractivity contribution in [3.05, 3.63) is 58.6 Å². The lowest BCUT2D eigenvalue weighted by atomic mass is 9.86. The molecule has 1 aromatic carbocycles. The zero-order valence-corrected chi connectivity index (χ0v) is 14.4. The largest absolute Gasteiger partial charge is 0.462 e. The maximum Gasteiger partial charge on any atom is 0.283 e. The first-order valence-corrected chi connectivity index (χ1v) is 8.03. The molecule has 1 aliphatic heterocycles. The smallest absolute Gasteiger partial charge is 0.283 e. The number of ether oxygens (including phenoxy) is 1. The minimum absolute atomic E-state index is 0.0166. The lowest BCUT2D eigenvalue weighted by Crippen LogP contribution is -2.43. The first-order valence-electron chi connectivity index (χ1n) is 7.65. The predicted octanol–water partition coefficient (Wildman–Crippen LogP) is 3.02. The van der Waals surface area contributed by atoms with Crippen LogP contribution in [0.5, 0.6) is 0 Å². The third-order valence-corrected chi connectivity index (χ3v) is 4.38. The second-order valence-corrected chi connectivity index (χ2v) is 6.27. The van der Waals surface area contributed by atoms with Crippen LogP contribution in [0, 0.1) is 5.82 Å². The van der Waals surface area contributed by atoms with Crippen molar-refractivity contribution in [1.82, 2.24) is 4.98 Å². The molecule has 0 fully saturated rings. The molecule has 0 aliphatic carbocycles. The van der Waals surface area contributed by atoms with E-state index in [1.807, 2.05) is 0 Å². The van der Waals surface area contributed by atoms with E-state index in [0.717, 1.165) is 6.07 Å². The first-order chi connectivity index (χ1) is 12.3. The topological polar surface area (TPSA) is 89.6 Å². The van der Waals surface area contributed by atoms with Gasteiger partial charge in [-0.2, -0.15) is 0 Å². The number of carbonyl (C=O) groups is 1. The molecule has 2 aromatic rings. The second kappa shape index (κ2) is 6.87. The van der Waals surface area contributed by atoms with Crippen molar-refractivity contribution in [2.75, 3.05) is 11.9 Å². The van der Waals surface area contributed by atoms with E-state index in [-0.39, 0.29) is 34.6 Å². The Morgan fingerprint density at radius 2 is 2.23 bits per heavy atom. The Morgan fingerprint density at radius 3 is 2.96 bits per heavy atom. The quantitative estimate of drug-likeness (QED) is 0.856. The summed E-state index contributed by atoms with van der Waals surface area (Å²) in [6.45, 7) is 1.07. The molecule has 1 aromatic heterocycles. The number of nitrogens with one attached hydrogen (secondary N) is 1. The van der Waals surface area contributed by atoms with Gasteiger partial charge < -0.3 is 15.8 Å². The third kappa shape index (κ3) is 3.32. The van der Waals surface area contributed by atoms with E-state index in [1.165, 1.54) is 31.3 Å². The summed E-state index contributed by atoms with van der Waals surface area (Å²) < 4.78 is 33.6.